The molecule has 0 unspecified atom stereocenters. The van der Waals surface area contributed by atoms with E-state index in [2.05, 4.69) is 9.62 Å². The van der Waals surface area contributed by atoms with E-state index in [0.717, 1.165) is 31.6 Å². The zero-order chi connectivity index (χ0) is 17.9. The first-order chi connectivity index (χ1) is 11.9. The van der Waals surface area contributed by atoms with Crippen LogP contribution in [-0.2, 0) is 22.8 Å². The third-order valence-electron chi connectivity index (χ3n) is 4.67. The van der Waals surface area contributed by atoms with E-state index in [1.54, 1.807) is 0 Å². The highest BCUT2D eigenvalue weighted by molar-refractivity contribution is 7.88. The molecular weight excluding hydrogens is 341 g/mol. The van der Waals surface area contributed by atoms with Gasteiger partial charge < -0.3 is 4.57 Å². The molecule has 1 atom stereocenters. The second-order valence-corrected chi connectivity index (χ2v) is 8.34. The summed E-state index contributed by atoms with van der Waals surface area (Å²) in [6.07, 6.45) is 4.26. The predicted molar refractivity (Wildman–Crippen MR) is 96.0 cm³/mol. The lowest BCUT2D eigenvalue weighted by atomic mass is 10.2. The Bertz CT molecular complexity index is 796. The maximum Gasteiger partial charge on any atom is 0.215 e. The van der Waals surface area contributed by atoms with Gasteiger partial charge in [-0.1, -0.05) is 12.1 Å². The molecule has 25 heavy (non-hydrogen) atoms. The van der Waals surface area contributed by atoms with Gasteiger partial charge in [-0.3, -0.25) is 4.90 Å². The molecule has 1 N–H and O–H groups in total. The number of hydrogen-bond acceptors (Lipinski definition) is 3. The van der Waals surface area contributed by atoms with Crippen LogP contribution in [0.1, 0.15) is 30.1 Å². The minimum absolute atomic E-state index is 0.0190. The first-order valence-corrected chi connectivity index (χ1v) is 10.2. The van der Waals surface area contributed by atoms with Gasteiger partial charge in [0.25, 0.3) is 0 Å². The normalized spacial score (nSPS) is 17.0. The molecule has 1 saturated heterocycles. The molecule has 1 aromatic carbocycles. The summed E-state index contributed by atoms with van der Waals surface area (Å²) in [5, 5.41) is 0. The second-order valence-electron chi connectivity index (χ2n) is 6.54. The van der Waals surface area contributed by atoms with Crippen LogP contribution in [0, 0.1) is 5.82 Å². The van der Waals surface area contributed by atoms with Crippen molar-refractivity contribution in [3.05, 3.63) is 59.7 Å². The fourth-order valence-electron chi connectivity index (χ4n) is 3.35. The quantitative estimate of drug-likeness (QED) is 0.820. The number of nitrogens with zero attached hydrogens (tertiary/aromatic N) is 2. The number of nitrogens with one attached hydrogen (secondary N) is 1. The Morgan fingerprint density at radius 3 is 2.44 bits per heavy atom. The molecule has 1 fully saturated rings. The van der Waals surface area contributed by atoms with E-state index >= 15 is 0 Å². The summed E-state index contributed by atoms with van der Waals surface area (Å²) in [6, 6.07) is 9.60. The Morgan fingerprint density at radius 1 is 1.16 bits per heavy atom. The molecule has 0 aliphatic carbocycles. The molecule has 3 rings (SSSR count). The first kappa shape index (κ1) is 18.1. The summed E-state index contributed by atoms with van der Waals surface area (Å²) >= 11 is 0. The number of aryl methyl sites for hydroxylation is 1. The highest BCUT2D eigenvalue weighted by Gasteiger charge is 2.26. The molecule has 1 aromatic heterocycles. The van der Waals surface area contributed by atoms with Crippen LogP contribution in [0.15, 0.2) is 42.6 Å². The standard InChI is InChI=1S/C18H24FN3O2S/c1-21-10-4-5-17(21)18(22-11-2-3-12-22)13-20-25(23,24)14-15-6-8-16(19)9-7-15/h4-10,18,20H,2-3,11-14H2,1H3/t18-/m0/s1. The van der Waals surface area contributed by atoms with Crippen LogP contribution < -0.4 is 4.72 Å². The van der Waals surface area contributed by atoms with E-state index in [-0.39, 0.29) is 17.6 Å². The molecule has 7 heteroatoms. The smallest absolute Gasteiger partial charge is 0.215 e. The second kappa shape index (κ2) is 7.68. The van der Waals surface area contributed by atoms with Gasteiger partial charge in [0.15, 0.2) is 0 Å². The summed E-state index contributed by atoms with van der Waals surface area (Å²) in [7, 11) is -1.51. The average Bonchev–Trinajstić information content (AvgIpc) is 3.23. The number of halogens is 1. The Labute approximate surface area is 148 Å². The lowest BCUT2D eigenvalue weighted by Crippen LogP contribution is -2.38. The number of sulfonamides is 1. The van der Waals surface area contributed by atoms with E-state index < -0.39 is 10.0 Å². The van der Waals surface area contributed by atoms with E-state index in [1.807, 2.05) is 29.9 Å². The first-order valence-electron chi connectivity index (χ1n) is 8.52. The Morgan fingerprint density at radius 2 is 1.84 bits per heavy atom. The number of aromatic nitrogens is 1. The van der Waals surface area contributed by atoms with Crippen LogP contribution in [0.25, 0.3) is 0 Å². The van der Waals surface area contributed by atoms with E-state index in [1.165, 1.54) is 24.3 Å². The van der Waals surface area contributed by atoms with Crippen molar-refractivity contribution >= 4 is 10.0 Å². The molecule has 0 bridgehead atoms. The fraction of sp³-hybridized carbons (Fsp3) is 0.444. The van der Waals surface area contributed by atoms with Gasteiger partial charge in [0.2, 0.25) is 10.0 Å². The van der Waals surface area contributed by atoms with Gasteiger partial charge in [0.05, 0.1) is 11.8 Å². The van der Waals surface area contributed by atoms with Gasteiger partial charge >= 0.3 is 0 Å². The van der Waals surface area contributed by atoms with Gasteiger partial charge in [0, 0.05) is 25.5 Å². The third-order valence-corrected chi connectivity index (χ3v) is 5.99. The van der Waals surface area contributed by atoms with Crippen molar-refractivity contribution in [1.29, 1.82) is 0 Å². The lowest BCUT2D eigenvalue weighted by Gasteiger charge is -2.28. The average molecular weight is 365 g/mol. The van der Waals surface area contributed by atoms with Gasteiger partial charge in [0.1, 0.15) is 5.82 Å². The lowest BCUT2D eigenvalue weighted by molar-refractivity contribution is 0.238. The van der Waals surface area contributed by atoms with Gasteiger partial charge in [-0.05, 0) is 55.8 Å². The minimum Gasteiger partial charge on any atom is -0.353 e. The van der Waals surface area contributed by atoms with Gasteiger partial charge in [-0.25, -0.2) is 17.5 Å². The molecule has 1 aliphatic rings. The zero-order valence-electron chi connectivity index (χ0n) is 14.4. The van der Waals surface area contributed by atoms with E-state index in [0.29, 0.717) is 12.1 Å². The molecule has 136 valence electrons. The molecule has 2 aromatic rings. The topological polar surface area (TPSA) is 54.3 Å². The summed E-state index contributed by atoms with van der Waals surface area (Å²) < 4.78 is 42.6. The number of benzene rings is 1. The zero-order valence-corrected chi connectivity index (χ0v) is 15.2. The number of rotatable bonds is 7. The van der Waals surface area contributed by atoms with Crippen LogP contribution >= 0.6 is 0 Å². The number of likely N-dealkylation sites (tertiary alicyclic amines) is 1. The molecule has 1 aliphatic heterocycles. The largest absolute Gasteiger partial charge is 0.353 e. The molecule has 0 spiro atoms. The Hall–Kier alpha value is -1.70. The van der Waals surface area contributed by atoms with Crippen molar-refractivity contribution in [2.75, 3.05) is 19.6 Å². The highest BCUT2D eigenvalue weighted by atomic mass is 32.2. The van der Waals surface area contributed by atoms with Crippen LogP contribution in [0.4, 0.5) is 4.39 Å². The molecule has 0 amide bonds. The summed E-state index contributed by atoms with van der Waals surface area (Å²) in [6.45, 7) is 2.30. The molecular formula is C18H24FN3O2S. The summed E-state index contributed by atoms with van der Waals surface area (Å²) in [4.78, 5) is 2.33. The van der Waals surface area contributed by atoms with Crippen molar-refractivity contribution < 1.29 is 12.8 Å². The van der Waals surface area contributed by atoms with Crippen molar-refractivity contribution in [1.82, 2.24) is 14.2 Å². The minimum atomic E-state index is -3.48. The van der Waals surface area contributed by atoms with Gasteiger partial charge in [-0.2, -0.15) is 0 Å². The van der Waals surface area contributed by atoms with Crippen LogP contribution in [0.5, 0.6) is 0 Å². The molecule has 5 nitrogen and oxygen atoms in total. The van der Waals surface area contributed by atoms with Crippen LogP contribution in [0.2, 0.25) is 0 Å². The van der Waals surface area contributed by atoms with Gasteiger partial charge in [-0.15, -0.1) is 0 Å². The van der Waals surface area contributed by atoms with Crippen LogP contribution in [0.3, 0.4) is 0 Å². The maximum absolute atomic E-state index is 13.0. The third kappa shape index (κ3) is 4.68. The number of hydrogen-bond donors (Lipinski definition) is 1. The summed E-state index contributed by atoms with van der Waals surface area (Å²) in [5.41, 5.74) is 1.68. The highest BCUT2D eigenvalue weighted by Crippen LogP contribution is 2.25. The van der Waals surface area contributed by atoms with E-state index in [9.17, 15) is 12.8 Å². The van der Waals surface area contributed by atoms with E-state index in [4.69, 9.17) is 0 Å². The van der Waals surface area contributed by atoms with Crippen LogP contribution in [-0.4, -0.2) is 37.5 Å². The van der Waals surface area contributed by atoms with Crippen molar-refractivity contribution in [3.63, 3.8) is 0 Å². The van der Waals surface area contributed by atoms with Crippen molar-refractivity contribution in [3.8, 4) is 0 Å². The fourth-order valence-corrected chi connectivity index (χ4v) is 4.50. The summed E-state index contributed by atoms with van der Waals surface area (Å²) in [5.74, 6) is -0.514. The predicted octanol–water partition coefficient (Wildman–Crippen LogP) is 2.42. The van der Waals surface area contributed by atoms with Crippen molar-refractivity contribution in [2.45, 2.75) is 24.6 Å². The monoisotopic (exact) mass is 365 g/mol. The Kier molecular flexibility index (Phi) is 5.56. The molecule has 2 heterocycles. The SMILES string of the molecule is Cn1cccc1[C@H](CNS(=O)(=O)Cc1ccc(F)cc1)N1CCCC1. The Balaban J connectivity index is 1.69. The molecule has 0 saturated carbocycles. The van der Waals surface area contributed by atoms with Crippen molar-refractivity contribution in [2.24, 2.45) is 7.05 Å². The maximum atomic E-state index is 13.0. The molecule has 0 radical (unpaired) electrons.